The van der Waals surface area contributed by atoms with Crippen LogP contribution in [0, 0.1) is 11.3 Å². The van der Waals surface area contributed by atoms with E-state index in [1.54, 1.807) is 0 Å². The van der Waals surface area contributed by atoms with Gasteiger partial charge in [-0.05, 0) is 11.1 Å². The van der Waals surface area contributed by atoms with E-state index in [-0.39, 0.29) is 6.61 Å². The molecule has 0 N–H and O–H groups in total. The molecule has 0 fully saturated rings. The van der Waals surface area contributed by atoms with Crippen molar-refractivity contribution in [1.29, 1.82) is 5.26 Å². The number of fused-ring (bicyclic) bond motifs is 1. The van der Waals surface area contributed by atoms with Gasteiger partial charge in [-0.25, -0.2) is 0 Å². The molecule has 1 aliphatic heterocycles. The molecular formula is C10H8ClNO. The molecule has 1 aliphatic rings. The van der Waals surface area contributed by atoms with Crippen LogP contribution in [0.3, 0.4) is 0 Å². The van der Waals surface area contributed by atoms with Gasteiger partial charge in [-0.1, -0.05) is 35.9 Å². The van der Waals surface area contributed by atoms with E-state index in [1.807, 2.05) is 24.3 Å². The van der Waals surface area contributed by atoms with E-state index in [0.717, 1.165) is 11.1 Å². The third kappa shape index (κ3) is 1.31. The number of benzene rings is 1. The predicted molar refractivity (Wildman–Crippen MR) is 49.2 cm³/mol. The lowest BCUT2D eigenvalue weighted by molar-refractivity contribution is 0.0926. The Morgan fingerprint density at radius 1 is 1.46 bits per heavy atom. The Morgan fingerprint density at radius 3 is 3.00 bits per heavy atom. The number of alkyl halides is 1. The van der Waals surface area contributed by atoms with Gasteiger partial charge < -0.3 is 4.74 Å². The zero-order chi connectivity index (χ0) is 9.31. The first kappa shape index (κ1) is 8.55. The Labute approximate surface area is 81.7 Å². The summed E-state index contributed by atoms with van der Waals surface area (Å²) in [5.41, 5.74) is 1.88. The van der Waals surface area contributed by atoms with Gasteiger partial charge in [0, 0.05) is 0 Å². The molecule has 0 aromatic heterocycles. The predicted octanol–water partition coefficient (Wildman–Crippen LogP) is 2.17. The summed E-state index contributed by atoms with van der Waals surface area (Å²) in [7, 11) is 0. The Kier molecular flexibility index (Phi) is 1.99. The average molecular weight is 194 g/mol. The zero-order valence-electron chi connectivity index (χ0n) is 6.96. The fourth-order valence-corrected chi connectivity index (χ4v) is 1.77. The highest BCUT2D eigenvalue weighted by atomic mass is 35.5. The van der Waals surface area contributed by atoms with Gasteiger partial charge in [-0.2, -0.15) is 5.26 Å². The van der Waals surface area contributed by atoms with Crippen LogP contribution >= 0.6 is 11.6 Å². The first-order valence-corrected chi connectivity index (χ1v) is 4.40. The third-order valence-corrected chi connectivity index (χ3v) is 2.58. The molecule has 13 heavy (non-hydrogen) atoms. The molecule has 1 aromatic rings. The number of rotatable bonds is 0. The topological polar surface area (TPSA) is 33.0 Å². The molecule has 0 aliphatic carbocycles. The molecule has 1 aromatic carbocycles. The first-order valence-electron chi connectivity index (χ1n) is 4.02. The van der Waals surface area contributed by atoms with E-state index < -0.39 is 4.87 Å². The van der Waals surface area contributed by atoms with Crippen molar-refractivity contribution < 1.29 is 4.74 Å². The van der Waals surface area contributed by atoms with Crippen molar-refractivity contribution in [3.05, 3.63) is 35.4 Å². The summed E-state index contributed by atoms with van der Waals surface area (Å²) in [5, 5.41) is 8.94. The minimum Gasteiger partial charge on any atom is -0.373 e. The van der Waals surface area contributed by atoms with E-state index in [4.69, 9.17) is 21.6 Å². The van der Waals surface area contributed by atoms with Gasteiger partial charge in [-0.3, -0.25) is 0 Å². The number of nitriles is 1. The maximum atomic E-state index is 8.94. The summed E-state index contributed by atoms with van der Waals surface area (Å²) in [4.78, 5) is -0.991. The highest BCUT2D eigenvalue weighted by Crippen LogP contribution is 2.35. The minimum absolute atomic E-state index is 0.266. The second-order valence-electron chi connectivity index (χ2n) is 3.06. The lowest BCUT2D eigenvalue weighted by Crippen LogP contribution is -2.29. The maximum Gasteiger partial charge on any atom is 0.179 e. The Hall–Kier alpha value is -1.04. The molecule has 2 rings (SSSR count). The molecular weight excluding hydrogens is 186 g/mol. The number of hydrogen-bond donors (Lipinski definition) is 0. The van der Waals surface area contributed by atoms with Crippen molar-refractivity contribution >= 4 is 11.6 Å². The minimum atomic E-state index is -0.991. The highest BCUT2D eigenvalue weighted by Gasteiger charge is 2.35. The largest absolute Gasteiger partial charge is 0.373 e. The number of hydrogen-bond acceptors (Lipinski definition) is 2. The van der Waals surface area contributed by atoms with Crippen LogP contribution in [0.15, 0.2) is 24.3 Å². The first-order chi connectivity index (χ1) is 6.26. The van der Waals surface area contributed by atoms with Crippen molar-refractivity contribution in [2.75, 3.05) is 6.61 Å². The van der Waals surface area contributed by atoms with Gasteiger partial charge in [0.05, 0.1) is 19.3 Å². The lowest BCUT2D eigenvalue weighted by atomic mass is 9.93. The van der Waals surface area contributed by atoms with Gasteiger partial charge >= 0.3 is 0 Å². The van der Waals surface area contributed by atoms with Gasteiger partial charge in [0.1, 0.15) is 0 Å². The Morgan fingerprint density at radius 2 is 2.23 bits per heavy atom. The Balaban J connectivity index is 2.56. The summed E-state index contributed by atoms with van der Waals surface area (Å²) in [6.45, 7) is 0.814. The smallest absolute Gasteiger partial charge is 0.179 e. The van der Waals surface area contributed by atoms with E-state index in [0.29, 0.717) is 6.61 Å². The molecule has 0 saturated carbocycles. The number of nitrogens with zero attached hydrogens (tertiary/aromatic N) is 1. The van der Waals surface area contributed by atoms with E-state index in [1.165, 1.54) is 0 Å². The summed E-state index contributed by atoms with van der Waals surface area (Å²) < 4.78 is 5.25. The molecule has 1 unspecified atom stereocenters. The average Bonchev–Trinajstić information content (AvgIpc) is 2.19. The number of ether oxygens (including phenoxy) is 1. The van der Waals surface area contributed by atoms with Crippen molar-refractivity contribution in [1.82, 2.24) is 0 Å². The summed E-state index contributed by atoms with van der Waals surface area (Å²) in [6.07, 6.45) is 0. The van der Waals surface area contributed by atoms with Crippen LogP contribution in [0.5, 0.6) is 0 Å². The summed E-state index contributed by atoms with van der Waals surface area (Å²) >= 11 is 6.10. The highest BCUT2D eigenvalue weighted by molar-refractivity contribution is 6.26. The third-order valence-electron chi connectivity index (χ3n) is 2.18. The SMILES string of the molecule is N#CC1(Cl)COCc2ccccc21. The van der Waals surface area contributed by atoms with Gasteiger partial charge in [0.2, 0.25) is 0 Å². The molecule has 66 valence electrons. The normalized spacial score (nSPS) is 26.2. The molecule has 1 heterocycles. The van der Waals surface area contributed by atoms with Crippen molar-refractivity contribution in [2.45, 2.75) is 11.5 Å². The lowest BCUT2D eigenvalue weighted by Gasteiger charge is -2.27. The van der Waals surface area contributed by atoms with Crippen LogP contribution in [0.2, 0.25) is 0 Å². The van der Waals surface area contributed by atoms with E-state index >= 15 is 0 Å². The summed E-state index contributed by atoms with van der Waals surface area (Å²) in [5.74, 6) is 0. The quantitative estimate of drug-likeness (QED) is 0.592. The van der Waals surface area contributed by atoms with Crippen LogP contribution in [-0.4, -0.2) is 6.61 Å². The molecule has 3 heteroatoms. The monoisotopic (exact) mass is 193 g/mol. The number of halogens is 1. The second kappa shape index (κ2) is 3.02. The molecule has 0 bridgehead atoms. The van der Waals surface area contributed by atoms with Crippen LogP contribution in [-0.2, 0) is 16.2 Å². The standard InChI is InChI=1S/C10H8ClNO/c11-10(6-12)7-13-5-8-3-1-2-4-9(8)10/h1-4H,5,7H2. The van der Waals surface area contributed by atoms with E-state index in [9.17, 15) is 0 Å². The van der Waals surface area contributed by atoms with Gasteiger partial charge in [-0.15, -0.1) is 0 Å². The Bertz CT molecular complexity index is 371. The maximum absolute atomic E-state index is 8.94. The van der Waals surface area contributed by atoms with Crippen molar-refractivity contribution in [2.24, 2.45) is 0 Å². The summed E-state index contributed by atoms with van der Waals surface area (Å²) in [6, 6.07) is 9.70. The van der Waals surface area contributed by atoms with Crippen molar-refractivity contribution in [3.63, 3.8) is 0 Å². The molecule has 2 nitrogen and oxygen atoms in total. The zero-order valence-corrected chi connectivity index (χ0v) is 7.71. The second-order valence-corrected chi connectivity index (χ2v) is 3.71. The van der Waals surface area contributed by atoms with Gasteiger partial charge in [0.25, 0.3) is 0 Å². The molecule has 0 saturated heterocycles. The van der Waals surface area contributed by atoms with E-state index in [2.05, 4.69) is 6.07 Å². The molecule has 1 atom stereocenters. The molecule has 0 spiro atoms. The molecule has 0 radical (unpaired) electrons. The molecule has 0 amide bonds. The van der Waals surface area contributed by atoms with Crippen LogP contribution < -0.4 is 0 Å². The van der Waals surface area contributed by atoms with Gasteiger partial charge in [0.15, 0.2) is 4.87 Å². The van der Waals surface area contributed by atoms with Crippen LogP contribution in [0.4, 0.5) is 0 Å². The van der Waals surface area contributed by atoms with Crippen molar-refractivity contribution in [3.8, 4) is 6.07 Å². The van der Waals surface area contributed by atoms with Crippen LogP contribution in [0.1, 0.15) is 11.1 Å². The fourth-order valence-electron chi connectivity index (χ4n) is 1.50. The fraction of sp³-hybridized carbons (Fsp3) is 0.300. The van der Waals surface area contributed by atoms with Crippen LogP contribution in [0.25, 0.3) is 0 Å².